The van der Waals surface area contributed by atoms with E-state index < -0.39 is 6.61 Å². The van der Waals surface area contributed by atoms with Crippen molar-refractivity contribution in [3.05, 3.63) is 23.8 Å². The molecule has 0 bridgehead atoms. The Morgan fingerprint density at radius 1 is 1.39 bits per heavy atom. The predicted octanol–water partition coefficient (Wildman–Crippen LogP) is 1.95. The minimum atomic E-state index is -0.493. The minimum absolute atomic E-state index is 0.0789. The lowest BCUT2D eigenvalue weighted by Crippen LogP contribution is -2.29. The zero-order valence-corrected chi connectivity index (χ0v) is 11.7. The summed E-state index contributed by atoms with van der Waals surface area (Å²) in [4.78, 5) is 12.9. The van der Waals surface area contributed by atoms with Crippen LogP contribution in [0.15, 0.2) is 18.2 Å². The predicted molar refractivity (Wildman–Crippen MR) is 72.2 cm³/mol. The fourth-order valence-electron chi connectivity index (χ4n) is 1.74. The highest BCUT2D eigenvalue weighted by Gasteiger charge is 2.21. The van der Waals surface area contributed by atoms with E-state index in [0.29, 0.717) is 0 Å². The Balaban J connectivity index is 3.23. The molecule has 0 atom stereocenters. The van der Waals surface area contributed by atoms with Crippen LogP contribution < -0.4 is 9.64 Å². The van der Waals surface area contributed by atoms with E-state index in [2.05, 4.69) is 20.8 Å². The molecule has 0 saturated heterocycles. The van der Waals surface area contributed by atoms with Gasteiger partial charge in [-0.05, 0) is 23.6 Å². The second-order valence-electron chi connectivity index (χ2n) is 5.25. The summed E-state index contributed by atoms with van der Waals surface area (Å²) >= 11 is 0. The van der Waals surface area contributed by atoms with Gasteiger partial charge in [0.05, 0.1) is 7.11 Å². The van der Waals surface area contributed by atoms with Gasteiger partial charge in [-0.15, -0.1) is 0 Å². The molecule has 4 heteroatoms. The lowest BCUT2D eigenvalue weighted by atomic mass is 9.86. The standard InChI is InChI=1S/C14H21NO3/c1-14(2,3)11-8-10(6-7-12(11)18-5)15(4)13(17)9-16/h6-8,16H,9H2,1-5H3. The zero-order chi connectivity index (χ0) is 13.9. The molecule has 100 valence electrons. The van der Waals surface area contributed by atoms with E-state index in [1.165, 1.54) is 4.90 Å². The molecule has 0 aliphatic carbocycles. The first kappa shape index (κ1) is 14.5. The SMILES string of the molecule is COc1ccc(N(C)C(=O)CO)cc1C(C)(C)C. The first-order valence-corrected chi connectivity index (χ1v) is 5.87. The van der Waals surface area contributed by atoms with E-state index in [-0.39, 0.29) is 11.3 Å². The van der Waals surface area contributed by atoms with E-state index >= 15 is 0 Å². The van der Waals surface area contributed by atoms with Crippen LogP contribution in [0.5, 0.6) is 5.75 Å². The summed E-state index contributed by atoms with van der Waals surface area (Å²) in [5.74, 6) is 0.469. The maximum absolute atomic E-state index is 11.5. The van der Waals surface area contributed by atoms with Gasteiger partial charge in [0, 0.05) is 18.3 Å². The van der Waals surface area contributed by atoms with Gasteiger partial charge in [-0.25, -0.2) is 0 Å². The Kier molecular flexibility index (Phi) is 4.35. The Morgan fingerprint density at radius 2 is 2.00 bits per heavy atom. The van der Waals surface area contributed by atoms with Crippen LogP contribution in [0.1, 0.15) is 26.3 Å². The number of aliphatic hydroxyl groups is 1. The summed E-state index contributed by atoms with van der Waals surface area (Å²) in [5, 5.41) is 8.88. The van der Waals surface area contributed by atoms with Gasteiger partial charge >= 0.3 is 0 Å². The van der Waals surface area contributed by atoms with Crippen LogP contribution >= 0.6 is 0 Å². The van der Waals surface area contributed by atoms with Crippen molar-refractivity contribution in [1.29, 1.82) is 0 Å². The second kappa shape index (κ2) is 5.40. The van der Waals surface area contributed by atoms with E-state index in [1.807, 2.05) is 18.2 Å². The molecule has 0 aliphatic rings. The molecule has 0 fully saturated rings. The molecule has 0 saturated carbocycles. The summed E-state index contributed by atoms with van der Waals surface area (Å²) < 4.78 is 5.34. The van der Waals surface area contributed by atoms with Crippen molar-refractivity contribution in [3.63, 3.8) is 0 Å². The van der Waals surface area contributed by atoms with Crippen LogP contribution in [0.2, 0.25) is 0 Å². The summed E-state index contributed by atoms with van der Waals surface area (Å²) in [6.45, 7) is 5.76. The molecule has 0 unspecified atom stereocenters. The van der Waals surface area contributed by atoms with Crippen molar-refractivity contribution in [2.45, 2.75) is 26.2 Å². The van der Waals surface area contributed by atoms with Crippen molar-refractivity contribution in [2.75, 3.05) is 25.7 Å². The average Bonchev–Trinajstić information content (AvgIpc) is 2.35. The largest absolute Gasteiger partial charge is 0.496 e. The van der Waals surface area contributed by atoms with Gasteiger partial charge in [0.2, 0.25) is 0 Å². The van der Waals surface area contributed by atoms with Crippen LogP contribution in [-0.2, 0) is 10.2 Å². The highest BCUT2D eigenvalue weighted by atomic mass is 16.5. The second-order valence-corrected chi connectivity index (χ2v) is 5.25. The summed E-state index contributed by atoms with van der Waals surface area (Å²) in [6, 6.07) is 5.57. The Bertz CT molecular complexity index is 435. The average molecular weight is 251 g/mol. The van der Waals surface area contributed by atoms with Crippen LogP contribution in [-0.4, -0.2) is 31.8 Å². The summed E-state index contributed by atoms with van der Waals surface area (Å²) in [6.07, 6.45) is 0. The normalized spacial score (nSPS) is 11.2. The van der Waals surface area contributed by atoms with Crippen LogP contribution in [0.4, 0.5) is 5.69 Å². The van der Waals surface area contributed by atoms with Crippen LogP contribution in [0, 0.1) is 0 Å². The molecule has 1 rings (SSSR count). The van der Waals surface area contributed by atoms with Gasteiger partial charge in [-0.1, -0.05) is 20.8 Å². The molecule has 1 N–H and O–H groups in total. The highest BCUT2D eigenvalue weighted by molar-refractivity contribution is 5.93. The number of methoxy groups -OCH3 is 1. The number of amides is 1. The molecule has 18 heavy (non-hydrogen) atoms. The van der Waals surface area contributed by atoms with E-state index in [9.17, 15) is 4.79 Å². The molecular formula is C14H21NO3. The van der Waals surface area contributed by atoms with Gasteiger partial charge in [0.15, 0.2) is 0 Å². The highest BCUT2D eigenvalue weighted by Crippen LogP contribution is 2.34. The third-order valence-electron chi connectivity index (χ3n) is 2.89. The fraction of sp³-hybridized carbons (Fsp3) is 0.500. The van der Waals surface area contributed by atoms with Gasteiger partial charge in [0.1, 0.15) is 12.4 Å². The van der Waals surface area contributed by atoms with Crippen LogP contribution in [0.25, 0.3) is 0 Å². The monoisotopic (exact) mass is 251 g/mol. The van der Waals surface area contributed by atoms with Crippen molar-refractivity contribution in [1.82, 2.24) is 0 Å². The molecular weight excluding hydrogens is 230 g/mol. The molecule has 1 aromatic carbocycles. The molecule has 0 heterocycles. The third kappa shape index (κ3) is 3.01. The first-order valence-electron chi connectivity index (χ1n) is 5.87. The molecule has 0 aliphatic heterocycles. The molecule has 0 radical (unpaired) electrons. The Labute approximate surface area is 108 Å². The number of aliphatic hydroxyl groups excluding tert-OH is 1. The van der Waals surface area contributed by atoms with Crippen molar-refractivity contribution < 1.29 is 14.6 Å². The van der Waals surface area contributed by atoms with Gasteiger partial charge in [-0.2, -0.15) is 0 Å². The molecule has 4 nitrogen and oxygen atoms in total. The number of nitrogens with zero attached hydrogens (tertiary/aromatic N) is 1. The van der Waals surface area contributed by atoms with Gasteiger partial charge in [0.25, 0.3) is 5.91 Å². The number of carbonyl (C=O) groups excluding carboxylic acids is 1. The molecule has 0 aromatic heterocycles. The fourth-order valence-corrected chi connectivity index (χ4v) is 1.74. The van der Waals surface area contributed by atoms with E-state index in [1.54, 1.807) is 14.2 Å². The zero-order valence-electron chi connectivity index (χ0n) is 11.7. The molecule has 1 amide bonds. The number of likely N-dealkylation sites (N-methyl/N-ethyl adjacent to an activating group) is 1. The molecule has 1 aromatic rings. The number of carbonyl (C=O) groups is 1. The smallest absolute Gasteiger partial charge is 0.252 e. The van der Waals surface area contributed by atoms with Gasteiger partial charge in [-0.3, -0.25) is 4.79 Å². The van der Waals surface area contributed by atoms with Crippen molar-refractivity contribution in [2.24, 2.45) is 0 Å². The topological polar surface area (TPSA) is 49.8 Å². The third-order valence-corrected chi connectivity index (χ3v) is 2.89. The summed E-state index contributed by atoms with van der Waals surface area (Å²) in [5.41, 5.74) is 1.70. The quantitative estimate of drug-likeness (QED) is 0.893. The number of hydrogen-bond acceptors (Lipinski definition) is 3. The number of ether oxygens (including phenoxy) is 1. The maximum Gasteiger partial charge on any atom is 0.252 e. The lowest BCUT2D eigenvalue weighted by molar-refractivity contribution is -0.120. The first-order chi connectivity index (χ1) is 8.31. The number of anilines is 1. The number of benzene rings is 1. The lowest BCUT2D eigenvalue weighted by Gasteiger charge is -2.25. The Hall–Kier alpha value is -1.55. The van der Waals surface area contributed by atoms with Crippen molar-refractivity contribution >= 4 is 11.6 Å². The van der Waals surface area contributed by atoms with Gasteiger partial charge < -0.3 is 14.7 Å². The van der Waals surface area contributed by atoms with Crippen molar-refractivity contribution in [3.8, 4) is 5.75 Å². The maximum atomic E-state index is 11.5. The van der Waals surface area contributed by atoms with Crippen LogP contribution in [0.3, 0.4) is 0 Å². The number of hydrogen-bond donors (Lipinski definition) is 1. The minimum Gasteiger partial charge on any atom is -0.496 e. The Morgan fingerprint density at radius 3 is 2.44 bits per heavy atom. The molecule has 0 spiro atoms. The summed E-state index contributed by atoms with van der Waals surface area (Å²) in [7, 11) is 3.28. The number of rotatable bonds is 3. The van der Waals surface area contributed by atoms with E-state index in [4.69, 9.17) is 9.84 Å². The van der Waals surface area contributed by atoms with E-state index in [0.717, 1.165) is 17.0 Å².